The molecule has 2 aromatic heterocycles. The third-order valence-electron chi connectivity index (χ3n) is 2.50. The van der Waals surface area contributed by atoms with Gasteiger partial charge < -0.3 is 10.5 Å². The van der Waals surface area contributed by atoms with Crippen LogP contribution in [0.1, 0.15) is 0 Å². The molecule has 7 heteroatoms. The first-order valence-electron chi connectivity index (χ1n) is 5.36. The molecule has 0 saturated carbocycles. The minimum atomic E-state index is -0.755. The first-order chi connectivity index (χ1) is 9.13. The first-order valence-corrected chi connectivity index (χ1v) is 5.36. The van der Waals surface area contributed by atoms with Crippen LogP contribution in [0, 0.1) is 11.6 Å². The molecular formula is C12H8F2N4O. The lowest BCUT2D eigenvalue weighted by Crippen LogP contribution is -1.97. The number of ether oxygens (including phenoxy) is 1. The van der Waals surface area contributed by atoms with Crippen LogP contribution in [0.25, 0.3) is 5.65 Å². The molecule has 3 rings (SSSR count). The molecule has 96 valence electrons. The second kappa shape index (κ2) is 4.20. The van der Waals surface area contributed by atoms with E-state index in [1.807, 2.05) is 0 Å². The second-order valence-corrected chi connectivity index (χ2v) is 3.81. The van der Waals surface area contributed by atoms with Crippen LogP contribution in [0.5, 0.6) is 11.6 Å². The van der Waals surface area contributed by atoms with Gasteiger partial charge in [0.1, 0.15) is 5.82 Å². The zero-order valence-electron chi connectivity index (χ0n) is 9.55. The van der Waals surface area contributed by atoms with E-state index < -0.39 is 11.6 Å². The number of hydrogen-bond donors (Lipinski definition) is 1. The molecule has 0 amide bonds. The molecule has 0 unspecified atom stereocenters. The van der Waals surface area contributed by atoms with Gasteiger partial charge in [0.15, 0.2) is 17.2 Å². The van der Waals surface area contributed by atoms with E-state index in [0.29, 0.717) is 5.65 Å². The predicted octanol–water partition coefficient (Wildman–Crippen LogP) is 2.38. The van der Waals surface area contributed by atoms with Crippen LogP contribution in [-0.2, 0) is 0 Å². The van der Waals surface area contributed by atoms with Gasteiger partial charge in [-0.25, -0.2) is 13.3 Å². The highest BCUT2D eigenvalue weighted by Crippen LogP contribution is 2.27. The van der Waals surface area contributed by atoms with Gasteiger partial charge in [-0.05, 0) is 0 Å². The van der Waals surface area contributed by atoms with Gasteiger partial charge in [-0.2, -0.15) is 10.1 Å². The summed E-state index contributed by atoms with van der Waals surface area (Å²) in [5.74, 6) is -1.64. The van der Waals surface area contributed by atoms with E-state index >= 15 is 0 Å². The molecule has 0 fully saturated rings. The molecule has 0 spiro atoms. The van der Waals surface area contributed by atoms with Gasteiger partial charge in [-0.15, -0.1) is 0 Å². The van der Waals surface area contributed by atoms with Gasteiger partial charge in [0, 0.05) is 30.5 Å². The van der Waals surface area contributed by atoms with Crippen molar-refractivity contribution in [3.05, 3.63) is 48.3 Å². The van der Waals surface area contributed by atoms with E-state index in [1.165, 1.54) is 10.6 Å². The van der Waals surface area contributed by atoms with Crippen molar-refractivity contribution in [2.24, 2.45) is 0 Å². The van der Waals surface area contributed by atoms with Crippen LogP contribution >= 0.6 is 0 Å². The number of halogens is 2. The number of anilines is 1. The number of hydrogen-bond acceptors (Lipinski definition) is 4. The Balaban J connectivity index is 1.98. The Kier molecular flexibility index (Phi) is 2.52. The van der Waals surface area contributed by atoms with E-state index in [-0.39, 0.29) is 17.3 Å². The summed E-state index contributed by atoms with van der Waals surface area (Å²) in [4.78, 5) is 4.08. The molecule has 3 aromatic rings. The average molecular weight is 262 g/mol. The Hall–Kier alpha value is -2.70. The van der Waals surface area contributed by atoms with Crippen molar-refractivity contribution >= 4 is 11.3 Å². The summed E-state index contributed by atoms with van der Waals surface area (Å²) in [7, 11) is 0. The third-order valence-corrected chi connectivity index (χ3v) is 2.50. The highest BCUT2D eigenvalue weighted by molar-refractivity contribution is 5.46. The smallest absolute Gasteiger partial charge is 0.222 e. The van der Waals surface area contributed by atoms with E-state index in [9.17, 15) is 8.78 Å². The normalized spacial score (nSPS) is 10.8. The number of fused-ring (bicyclic) bond motifs is 1. The second-order valence-electron chi connectivity index (χ2n) is 3.81. The van der Waals surface area contributed by atoms with E-state index in [1.54, 1.807) is 18.5 Å². The number of nitrogens with two attached hydrogens (primary N) is 1. The van der Waals surface area contributed by atoms with E-state index in [2.05, 4.69) is 10.1 Å². The maximum Gasteiger partial charge on any atom is 0.222 e. The zero-order valence-corrected chi connectivity index (χ0v) is 9.55. The van der Waals surface area contributed by atoms with Crippen LogP contribution in [0.15, 0.2) is 36.7 Å². The summed E-state index contributed by atoms with van der Waals surface area (Å²) >= 11 is 0. The molecular weight excluding hydrogens is 254 g/mol. The fraction of sp³-hybridized carbons (Fsp3) is 0. The molecule has 0 aliphatic carbocycles. The molecule has 0 aliphatic heterocycles. The zero-order chi connectivity index (χ0) is 13.4. The summed E-state index contributed by atoms with van der Waals surface area (Å²) in [6, 6.07) is 4.90. The lowest BCUT2D eigenvalue weighted by molar-refractivity contribution is 0.423. The highest BCUT2D eigenvalue weighted by Gasteiger charge is 2.11. The monoisotopic (exact) mass is 262 g/mol. The molecule has 0 saturated heterocycles. The van der Waals surface area contributed by atoms with E-state index in [0.717, 1.165) is 12.1 Å². The van der Waals surface area contributed by atoms with Crippen molar-refractivity contribution < 1.29 is 13.5 Å². The first kappa shape index (κ1) is 11.4. The number of aromatic nitrogens is 3. The molecule has 0 bridgehead atoms. The Morgan fingerprint density at radius 2 is 2.00 bits per heavy atom. The maximum absolute atomic E-state index is 13.6. The molecule has 5 nitrogen and oxygen atoms in total. The Bertz CT molecular complexity index is 757. The lowest BCUT2D eigenvalue weighted by Gasteiger charge is -2.07. The molecule has 0 atom stereocenters. The minimum absolute atomic E-state index is 0.135. The fourth-order valence-electron chi connectivity index (χ4n) is 1.59. The maximum atomic E-state index is 13.6. The van der Waals surface area contributed by atoms with Crippen molar-refractivity contribution in [3.8, 4) is 11.6 Å². The highest BCUT2D eigenvalue weighted by atomic mass is 19.1. The minimum Gasteiger partial charge on any atom is -0.436 e. The van der Waals surface area contributed by atoms with Gasteiger partial charge in [0.25, 0.3) is 0 Å². The summed E-state index contributed by atoms with van der Waals surface area (Å²) in [5, 5.41) is 3.96. The quantitative estimate of drug-likeness (QED) is 0.720. The standard InChI is InChI=1S/C12H8F2N4O/c13-7-6-10(8(14)5-9(7)15)19-12-2-4-18-11(17-12)1-3-16-18/h1-6H,15H2. The molecule has 0 aliphatic rings. The number of benzene rings is 1. The van der Waals surface area contributed by atoms with Gasteiger partial charge in [0.05, 0.1) is 11.9 Å². The Morgan fingerprint density at radius 3 is 2.84 bits per heavy atom. The van der Waals surface area contributed by atoms with Crippen molar-refractivity contribution in [2.75, 3.05) is 5.73 Å². The van der Waals surface area contributed by atoms with Crippen molar-refractivity contribution in [1.29, 1.82) is 0 Å². The van der Waals surface area contributed by atoms with Crippen LogP contribution < -0.4 is 10.5 Å². The lowest BCUT2D eigenvalue weighted by atomic mass is 10.3. The number of nitrogen functional groups attached to an aromatic ring is 1. The third kappa shape index (κ3) is 2.05. The summed E-state index contributed by atoms with van der Waals surface area (Å²) in [6.07, 6.45) is 3.17. The molecule has 19 heavy (non-hydrogen) atoms. The summed E-state index contributed by atoms with van der Waals surface area (Å²) in [6.45, 7) is 0. The Morgan fingerprint density at radius 1 is 1.16 bits per heavy atom. The predicted molar refractivity (Wildman–Crippen MR) is 63.8 cm³/mol. The molecule has 2 N–H and O–H groups in total. The van der Waals surface area contributed by atoms with Gasteiger partial charge in [-0.3, -0.25) is 0 Å². The number of rotatable bonds is 2. The van der Waals surface area contributed by atoms with Crippen molar-refractivity contribution in [1.82, 2.24) is 14.6 Å². The van der Waals surface area contributed by atoms with Gasteiger partial charge in [-0.1, -0.05) is 0 Å². The van der Waals surface area contributed by atoms with Crippen LogP contribution in [0.3, 0.4) is 0 Å². The fourth-order valence-corrected chi connectivity index (χ4v) is 1.59. The summed E-state index contributed by atoms with van der Waals surface area (Å²) in [5.41, 5.74) is 5.51. The largest absolute Gasteiger partial charge is 0.436 e. The summed E-state index contributed by atoms with van der Waals surface area (Å²) < 4.78 is 33.5. The SMILES string of the molecule is Nc1cc(F)c(Oc2ccn3nccc3n2)cc1F. The number of nitrogens with zero attached hydrogens (tertiary/aromatic N) is 3. The van der Waals surface area contributed by atoms with Crippen LogP contribution in [0.2, 0.25) is 0 Å². The van der Waals surface area contributed by atoms with Gasteiger partial charge in [0.2, 0.25) is 5.88 Å². The van der Waals surface area contributed by atoms with E-state index in [4.69, 9.17) is 10.5 Å². The molecule has 2 heterocycles. The molecule has 1 aromatic carbocycles. The van der Waals surface area contributed by atoms with Crippen LogP contribution in [-0.4, -0.2) is 14.6 Å². The van der Waals surface area contributed by atoms with Crippen molar-refractivity contribution in [3.63, 3.8) is 0 Å². The average Bonchev–Trinajstić information content (AvgIpc) is 2.83. The van der Waals surface area contributed by atoms with Crippen molar-refractivity contribution in [2.45, 2.75) is 0 Å². The molecule has 0 radical (unpaired) electrons. The Labute approximate surface area is 106 Å². The van der Waals surface area contributed by atoms with Crippen LogP contribution in [0.4, 0.5) is 14.5 Å². The van der Waals surface area contributed by atoms with Gasteiger partial charge >= 0.3 is 0 Å². The topological polar surface area (TPSA) is 65.4 Å².